The number of allylic oxidation sites excluding steroid dienone is 1. The number of hydrogen-bond donors (Lipinski definition) is 1. The average molecular weight is 395 g/mol. The van der Waals surface area contributed by atoms with Crippen LogP contribution in [0.4, 0.5) is 4.39 Å². The van der Waals surface area contributed by atoms with Crippen LogP contribution in [0.2, 0.25) is 0 Å². The number of benzene rings is 1. The Morgan fingerprint density at radius 1 is 1.19 bits per heavy atom. The number of carbonyl (C=O) groups is 1. The lowest BCUT2D eigenvalue weighted by atomic mass is 9.96. The summed E-state index contributed by atoms with van der Waals surface area (Å²) in [7, 11) is -3.71. The number of sulfonamides is 1. The zero-order valence-corrected chi connectivity index (χ0v) is 16.3. The van der Waals surface area contributed by atoms with E-state index in [0.717, 1.165) is 31.4 Å². The third-order valence-corrected chi connectivity index (χ3v) is 7.22. The summed E-state index contributed by atoms with van der Waals surface area (Å²) in [4.78, 5) is 12.6. The number of halogens is 1. The van der Waals surface area contributed by atoms with Gasteiger partial charge in [-0.05, 0) is 69.2 Å². The van der Waals surface area contributed by atoms with Crippen molar-refractivity contribution in [2.45, 2.75) is 49.8 Å². The standard InChI is InChI=1S/C20H27FN2O3S/c21-18-8-10-19(11-9-18)27(25,26)23-14-4-7-17(15-23)20(24)22-13-12-16-5-2-1-3-6-16/h5,8-11,17H,1-4,6-7,12-15H2,(H,22,24)/t17-/m0/s1. The molecule has 1 aliphatic carbocycles. The molecule has 0 bridgehead atoms. The molecule has 1 atom stereocenters. The van der Waals surface area contributed by atoms with Crippen molar-refractivity contribution in [2.75, 3.05) is 19.6 Å². The first-order chi connectivity index (χ1) is 13.0. The van der Waals surface area contributed by atoms with E-state index < -0.39 is 15.8 Å². The lowest BCUT2D eigenvalue weighted by Crippen LogP contribution is -2.45. The topological polar surface area (TPSA) is 66.5 Å². The van der Waals surface area contributed by atoms with Gasteiger partial charge in [0.1, 0.15) is 5.82 Å². The molecule has 1 heterocycles. The SMILES string of the molecule is O=C(NCCC1=CCCCC1)[C@H]1CCCN(S(=O)(=O)c2ccc(F)cc2)C1. The number of nitrogens with zero attached hydrogens (tertiary/aromatic N) is 1. The van der Waals surface area contributed by atoms with E-state index in [1.54, 1.807) is 0 Å². The molecule has 1 aromatic rings. The predicted octanol–water partition coefficient (Wildman–Crippen LogP) is 3.23. The van der Waals surface area contributed by atoms with Gasteiger partial charge in [0.05, 0.1) is 10.8 Å². The molecule has 0 unspecified atom stereocenters. The highest BCUT2D eigenvalue weighted by Crippen LogP contribution is 2.24. The molecule has 7 heteroatoms. The van der Waals surface area contributed by atoms with Crippen LogP contribution < -0.4 is 5.32 Å². The quantitative estimate of drug-likeness (QED) is 0.754. The minimum atomic E-state index is -3.71. The van der Waals surface area contributed by atoms with Gasteiger partial charge in [0.25, 0.3) is 0 Å². The van der Waals surface area contributed by atoms with Crippen LogP contribution in [0.25, 0.3) is 0 Å². The van der Waals surface area contributed by atoms with Gasteiger partial charge in [0, 0.05) is 19.6 Å². The van der Waals surface area contributed by atoms with Gasteiger partial charge >= 0.3 is 0 Å². The Labute approximate surface area is 160 Å². The van der Waals surface area contributed by atoms with Gasteiger partial charge in [-0.1, -0.05) is 11.6 Å². The summed E-state index contributed by atoms with van der Waals surface area (Å²) in [6, 6.07) is 4.82. The first-order valence-corrected chi connectivity index (χ1v) is 11.1. The fourth-order valence-electron chi connectivity index (χ4n) is 3.75. The van der Waals surface area contributed by atoms with E-state index in [-0.39, 0.29) is 23.3 Å². The van der Waals surface area contributed by atoms with Crippen LogP contribution in [0.3, 0.4) is 0 Å². The first-order valence-electron chi connectivity index (χ1n) is 9.68. The summed E-state index contributed by atoms with van der Waals surface area (Å²) in [5, 5.41) is 2.97. The van der Waals surface area contributed by atoms with E-state index >= 15 is 0 Å². The fraction of sp³-hybridized carbons (Fsp3) is 0.550. The number of rotatable bonds is 6. The molecule has 0 saturated carbocycles. The van der Waals surface area contributed by atoms with Gasteiger partial charge in [-0.3, -0.25) is 4.79 Å². The van der Waals surface area contributed by atoms with Crippen LogP contribution in [0.15, 0.2) is 40.8 Å². The smallest absolute Gasteiger partial charge is 0.243 e. The van der Waals surface area contributed by atoms with Gasteiger partial charge < -0.3 is 5.32 Å². The van der Waals surface area contributed by atoms with E-state index in [2.05, 4.69) is 11.4 Å². The summed E-state index contributed by atoms with van der Waals surface area (Å²) in [5.41, 5.74) is 1.41. The van der Waals surface area contributed by atoms with E-state index in [9.17, 15) is 17.6 Å². The molecule has 1 N–H and O–H groups in total. The molecule has 0 radical (unpaired) electrons. The third kappa shape index (κ3) is 5.17. The van der Waals surface area contributed by atoms with Crippen LogP contribution in [-0.2, 0) is 14.8 Å². The molecule has 1 aliphatic heterocycles. The highest BCUT2D eigenvalue weighted by molar-refractivity contribution is 7.89. The van der Waals surface area contributed by atoms with Gasteiger partial charge in [0.2, 0.25) is 15.9 Å². The molecule has 1 amide bonds. The minimum absolute atomic E-state index is 0.0641. The van der Waals surface area contributed by atoms with Gasteiger partial charge in [0.15, 0.2) is 0 Å². The average Bonchev–Trinajstić information content (AvgIpc) is 2.69. The number of piperidine rings is 1. The zero-order chi connectivity index (χ0) is 19.3. The van der Waals surface area contributed by atoms with E-state index in [1.807, 2.05) is 0 Å². The zero-order valence-electron chi connectivity index (χ0n) is 15.5. The van der Waals surface area contributed by atoms with E-state index in [1.165, 1.54) is 34.9 Å². The lowest BCUT2D eigenvalue weighted by molar-refractivity contribution is -0.126. The molecule has 27 heavy (non-hydrogen) atoms. The Hall–Kier alpha value is -1.73. The summed E-state index contributed by atoms with van der Waals surface area (Å²) >= 11 is 0. The molecule has 0 aromatic heterocycles. The fourth-order valence-corrected chi connectivity index (χ4v) is 5.28. The van der Waals surface area contributed by atoms with Crippen molar-refractivity contribution < 1.29 is 17.6 Å². The van der Waals surface area contributed by atoms with Crippen molar-refractivity contribution in [3.05, 3.63) is 41.7 Å². The van der Waals surface area contributed by atoms with Crippen molar-refractivity contribution >= 4 is 15.9 Å². The summed E-state index contributed by atoms with van der Waals surface area (Å²) in [6.07, 6.45) is 9.18. The van der Waals surface area contributed by atoms with Crippen molar-refractivity contribution in [2.24, 2.45) is 5.92 Å². The molecule has 0 spiro atoms. The van der Waals surface area contributed by atoms with Crippen LogP contribution in [0.5, 0.6) is 0 Å². The van der Waals surface area contributed by atoms with E-state index in [4.69, 9.17) is 0 Å². The Bertz CT molecular complexity index is 790. The van der Waals surface area contributed by atoms with Crippen molar-refractivity contribution in [3.8, 4) is 0 Å². The molecular weight excluding hydrogens is 367 g/mol. The third-order valence-electron chi connectivity index (χ3n) is 5.34. The molecule has 2 aliphatic rings. The number of amides is 1. The molecule has 3 rings (SSSR count). The van der Waals surface area contributed by atoms with Gasteiger partial charge in [-0.25, -0.2) is 12.8 Å². The number of carbonyl (C=O) groups excluding carboxylic acids is 1. The van der Waals surface area contributed by atoms with Gasteiger partial charge in [-0.2, -0.15) is 4.31 Å². The first kappa shape index (κ1) is 20.0. The van der Waals surface area contributed by atoms with Crippen molar-refractivity contribution in [1.82, 2.24) is 9.62 Å². The Kier molecular flexibility index (Phi) is 6.65. The van der Waals surface area contributed by atoms with Crippen molar-refractivity contribution in [3.63, 3.8) is 0 Å². The molecule has 148 valence electrons. The number of hydrogen-bond acceptors (Lipinski definition) is 3. The minimum Gasteiger partial charge on any atom is -0.356 e. The van der Waals surface area contributed by atoms with Crippen LogP contribution in [-0.4, -0.2) is 38.3 Å². The maximum absolute atomic E-state index is 13.1. The largest absolute Gasteiger partial charge is 0.356 e. The summed E-state index contributed by atoms with van der Waals surface area (Å²) in [5.74, 6) is -0.891. The Balaban J connectivity index is 1.55. The summed E-state index contributed by atoms with van der Waals surface area (Å²) < 4.78 is 39.9. The number of nitrogens with one attached hydrogen (secondary N) is 1. The molecule has 1 saturated heterocycles. The highest BCUT2D eigenvalue weighted by Gasteiger charge is 2.33. The van der Waals surface area contributed by atoms with Crippen LogP contribution in [0, 0.1) is 11.7 Å². The highest BCUT2D eigenvalue weighted by atomic mass is 32.2. The van der Waals surface area contributed by atoms with Crippen LogP contribution >= 0.6 is 0 Å². The molecular formula is C20H27FN2O3S. The maximum Gasteiger partial charge on any atom is 0.243 e. The molecule has 1 aromatic carbocycles. The van der Waals surface area contributed by atoms with E-state index in [0.29, 0.717) is 25.9 Å². The van der Waals surface area contributed by atoms with Gasteiger partial charge in [-0.15, -0.1) is 0 Å². The lowest BCUT2D eigenvalue weighted by Gasteiger charge is -2.31. The second-order valence-corrected chi connectivity index (χ2v) is 9.24. The second-order valence-electron chi connectivity index (χ2n) is 7.31. The monoisotopic (exact) mass is 394 g/mol. The second kappa shape index (κ2) is 8.97. The Morgan fingerprint density at radius 2 is 1.96 bits per heavy atom. The van der Waals surface area contributed by atoms with Crippen LogP contribution in [0.1, 0.15) is 44.9 Å². The molecule has 5 nitrogen and oxygen atoms in total. The van der Waals surface area contributed by atoms with Crippen molar-refractivity contribution in [1.29, 1.82) is 0 Å². The predicted molar refractivity (Wildman–Crippen MR) is 102 cm³/mol. The molecule has 1 fully saturated rings. The Morgan fingerprint density at radius 3 is 2.67 bits per heavy atom. The normalized spacial score (nSPS) is 21.5. The summed E-state index contributed by atoms with van der Waals surface area (Å²) in [6.45, 7) is 1.16. The maximum atomic E-state index is 13.1.